The van der Waals surface area contributed by atoms with Crippen LogP contribution in [0.1, 0.15) is 33.1 Å². The zero-order valence-corrected chi connectivity index (χ0v) is 11.3. The standard InChI is InChI=1S/C13H25N3O/c1-13(2)10-14-7-9-16(12(13)17)11-6-4-5-8-15(11)3/h11,14H,4-10H2,1-3H3. The highest BCUT2D eigenvalue weighted by molar-refractivity contribution is 5.82. The van der Waals surface area contributed by atoms with Crippen molar-refractivity contribution in [2.24, 2.45) is 5.41 Å². The van der Waals surface area contributed by atoms with Crippen molar-refractivity contribution in [1.29, 1.82) is 0 Å². The fourth-order valence-corrected chi connectivity index (χ4v) is 2.90. The molecule has 0 spiro atoms. The van der Waals surface area contributed by atoms with E-state index in [1.54, 1.807) is 0 Å². The van der Waals surface area contributed by atoms with Crippen molar-refractivity contribution in [3.63, 3.8) is 0 Å². The van der Waals surface area contributed by atoms with Crippen LogP contribution in [0, 0.1) is 5.41 Å². The number of nitrogens with zero attached hydrogens (tertiary/aromatic N) is 2. The molecule has 4 heteroatoms. The van der Waals surface area contributed by atoms with Gasteiger partial charge in [0.2, 0.25) is 5.91 Å². The monoisotopic (exact) mass is 239 g/mol. The lowest BCUT2D eigenvalue weighted by Crippen LogP contribution is -2.54. The normalized spacial score (nSPS) is 31.4. The van der Waals surface area contributed by atoms with Crippen LogP contribution in [0.4, 0.5) is 0 Å². The summed E-state index contributed by atoms with van der Waals surface area (Å²) in [6.07, 6.45) is 3.94. The Bertz CT molecular complexity index is 290. The van der Waals surface area contributed by atoms with Crippen molar-refractivity contribution >= 4 is 5.91 Å². The highest BCUT2D eigenvalue weighted by atomic mass is 16.2. The molecule has 2 aliphatic rings. The second kappa shape index (κ2) is 4.94. The van der Waals surface area contributed by atoms with Crippen LogP contribution in [-0.4, -0.2) is 55.1 Å². The minimum Gasteiger partial charge on any atom is -0.325 e. The SMILES string of the molecule is CN1CCCCC1N1CCNCC(C)(C)C1=O. The number of hydrogen-bond donors (Lipinski definition) is 1. The number of nitrogens with one attached hydrogen (secondary N) is 1. The Kier molecular flexibility index (Phi) is 3.73. The third-order valence-electron chi connectivity index (χ3n) is 4.03. The maximum Gasteiger partial charge on any atom is 0.230 e. The van der Waals surface area contributed by atoms with E-state index in [4.69, 9.17) is 0 Å². The second-order valence-corrected chi connectivity index (χ2v) is 6.02. The first-order valence-corrected chi connectivity index (χ1v) is 6.74. The smallest absolute Gasteiger partial charge is 0.230 e. The largest absolute Gasteiger partial charge is 0.325 e. The number of carbonyl (C=O) groups excluding carboxylic acids is 1. The number of amides is 1. The molecular formula is C13H25N3O. The van der Waals surface area contributed by atoms with Gasteiger partial charge in [0.15, 0.2) is 0 Å². The van der Waals surface area contributed by atoms with Gasteiger partial charge in [0.05, 0.1) is 11.6 Å². The quantitative estimate of drug-likeness (QED) is 0.738. The highest BCUT2D eigenvalue weighted by Crippen LogP contribution is 2.26. The van der Waals surface area contributed by atoms with E-state index in [-0.39, 0.29) is 5.41 Å². The molecule has 1 atom stereocenters. The molecule has 0 radical (unpaired) electrons. The molecule has 0 aromatic heterocycles. The highest BCUT2D eigenvalue weighted by Gasteiger charge is 2.38. The third-order valence-corrected chi connectivity index (χ3v) is 4.03. The maximum absolute atomic E-state index is 12.6. The van der Waals surface area contributed by atoms with Crippen LogP contribution in [0.15, 0.2) is 0 Å². The average molecular weight is 239 g/mol. The fourth-order valence-electron chi connectivity index (χ4n) is 2.90. The first-order chi connectivity index (χ1) is 8.02. The van der Waals surface area contributed by atoms with Gasteiger partial charge in [-0.05, 0) is 46.7 Å². The van der Waals surface area contributed by atoms with Crippen molar-refractivity contribution < 1.29 is 4.79 Å². The van der Waals surface area contributed by atoms with Crippen LogP contribution in [-0.2, 0) is 4.79 Å². The van der Waals surface area contributed by atoms with Crippen molar-refractivity contribution in [2.45, 2.75) is 39.3 Å². The molecule has 2 rings (SSSR count). The van der Waals surface area contributed by atoms with Gasteiger partial charge in [-0.3, -0.25) is 9.69 Å². The molecule has 0 aromatic carbocycles. The molecule has 1 N–H and O–H groups in total. The summed E-state index contributed by atoms with van der Waals surface area (Å²) in [4.78, 5) is 17.0. The Morgan fingerprint density at radius 1 is 1.29 bits per heavy atom. The van der Waals surface area contributed by atoms with Crippen LogP contribution in [0.5, 0.6) is 0 Å². The molecule has 1 amide bonds. The summed E-state index contributed by atoms with van der Waals surface area (Å²) < 4.78 is 0. The predicted octanol–water partition coefficient (Wildman–Crippen LogP) is 0.886. The third kappa shape index (κ3) is 2.63. The van der Waals surface area contributed by atoms with Crippen LogP contribution >= 0.6 is 0 Å². The van der Waals surface area contributed by atoms with Gasteiger partial charge in [-0.25, -0.2) is 0 Å². The van der Waals surface area contributed by atoms with E-state index >= 15 is 0 Å². The molecule has 0 saturated carbocycles. The summed E-state index contributed by atoms with van der Waals surface area (Å²) >= 11 is 0. The maximum atomic E-state index is 12.6. The number of piperidine rings is 1. The summed E-state index contributed by atoms with van der Waals surface area (Å²) in [6, 6.07) is 0. The van der Waals surface area contributed by atoms with Gasteiger partial charge in [0, 0.05) is 19.6 Å². The van der Waals surface area contributed by atoms with E-state index in [0.29, 0.717) is 12.1 Å². The summed E-state index contributed by atoms with van der Waals surface area (Å²) in [5.41, 5.74) is -0.269. The van der Waals surface area contributed by atoms with Crippen molar-refractivity contribution in [1.82, 2.24) is 15.1 Å². The number of hydrogen-bond acceptors (Lipinski definition) is 3. The lowest BCUT2D eigenvalue weighted by molar-refractivity contribution is -0.146. The van der Waals surface area contributed by atoms with E-state index in [2.05, 4.69) is 22.2 Å². The summed E-state index contributed by atoms with van der Waals surface area (Å²) in [6.45, 7) is 7.75. The lowest BCUT2D eigenvalue weighted by atomic mass is 9.91. The Hall–Kier alpha value is -0.610. The summed E-state index contributed by atoms with van der Waals surface area (Å²) in [5.74, 6) is 0.307. The average Bonchev–Trinajstić information content (AvgIpc) is 2.41. The molecule has 0 aromatic rings. The van der Waals surface area contributed by atoms with E-state index in [9.17, 15) is 4.79 Å². The Morgan fingerprint density at radius 3 is 2.76 bits per heavy atom. The van der Waals surface area contributed by atoms with Gasteiger partial charge in [-0.1, -0.05) is 0 Å². The Morgan fingerprint density at radius 2 is 2.06 bits per heavy atom. The van der Waals surface area contributed by atoms with Gasteiger partial charge in [-0.2, -0.15) is 0 Å². The second-order valence-electron chi connectivity index (χ2n) is 6.02. The zero-order chi connectivity index (χ0) is 12.5. The molecular weight excluding hydrogens is 214 g/mol. The number of carbonyl (C=O) groups is 1. The van der Waals surface area contributed by atoms with Gasteiger partial charge >= 0.3 is 0 Å². The molecule has 98 valence electrons. The molecule has 2 saturated heterocycles. The van der Waals surface area contributed by atoms with Crippen LogP contribution in [0.3, 0.4) is 0 Å². The molecule has 0 bridgehead atoms. The van der Waals surface area contributed by atoms with Gasteiger partial charge in [0.25, 0.3) is 0 Å². The molecule has 0 aliphatic carbocycles. The zero-order valence-electron chi connectivity index (χ0n) is 11.3. The van der Waals surface area contributed by atoms with Crippen molar-refractivity contribution in [3.8, 4) is 0 Å². The van der Waals surface area contributed by atoms with Gasteiger partial charge in [0.1, 0.15) is 0 Å². The Balaban J connectivity index is 2.14. The van der Waals surface area contributed by atoms with E-state index < -0.39 is 0 Å². The minimum absolute atomic E-state index is 0.269. The Labute approximate surface area is 104 Å². The summed E-state index contributed by atoms with van der Waals surface area (Å²) in [5, 5.41) is 3.37. The molecule has 4 nitrogen and oxygen atoms in total. The molecule has 2 aliphatic heterocycles. The molecule has 2 fully saturated rings. The molecule has 2 heterocycles. The number of rotatable bonds is 1. The van der Waals surface area contributed by atoms with Gasteiger partial charge < -0.3 is 10.2 Å². The fraction of sp³-hybridized carbons (Fsp3) is 0.923. The predicted molar refractivity (Wildman–Crippen MR) is 68.6 cm³/mol. The first kappa shape index (κ1) is 12.8. The topological polar surface area (TPSA) is 35.6 Å². The summed E-state index contributed by atoms with van der Waals surface area (Å²) in [7, 11) is 2.14. The molecule has 17 heavy (non-hydrogen) atoms. The van der Waals surface area contributed by atoms with E-state index in [0.717, 1.165) is 32.6 Å². The van der Waals surface area contributed by atoms with Crippen molar-refractivity contribution in [3.05, 3.63) is 0 Å². The van der Waals surface area contributed by atoms with Crippen LogP contribution in [0.2, 0.25) is 0 Å². The number of likely N-dealkylation sites (tertiary alicyclic amines) is 1. The lowest BCUT2D eigenvalue weighted by Gasteiger charge is -2.42. The minimum atomic E-state index is -0.269. The van der Waals surface area contributed by atoms with Crippen molar-refractivity contribution in [2.75, 3.05) is 33.2 Å². The van der Waals surface area contributed by atoms with Crippen LogP contribution in [0.25, 0.3) is 0 Å². The van der Waals surface area contributed by atoms with Crippen LogP contribution < -0.4 is 5.32 Å². The first-order valence-electron chi connectivity index (χ1n) is 6.74. The van der Waals surface area contributed by atoms with E-state index in [1.807, 2.05) is 13.8 Å². The molecule has 1 unspecified atom stereocenters. The van der Waals surface area contributed by atoms with Gasteiger partial charge in [-0.15, -0.1) is 0 Å². The van der Waals surface area contributed by atoms with E-state index in [1.165, 1.54) is 12.8 Å².